The van der Waals surface area contributed by atoms with Gasteiger partial charge in [0, 0.05) is 144 Å². The quantitative estimate of drug-likeness (QED) is 0.0266. The topological polar surface area (TPSA) is 133 Å². The first kappa shape index (κ1) is 99.8. The zero-order valence-electron chi connectivity index (χ0n) is 80.5. The van der Waals surface area contributed by atoms with Gasteiger partial charge in [0.15, 0.2) is 0 Å². The Morgan fingerprint density at radius 1 is 0.185 bits per heavy atom. The van der Waals surface area contributed by atoms with E-state index in [9.17, 15) is 0 Å². The Bertz CT molecular complexity index is 5180. The summed E-state index contributed by atoms with van der Waals surface area (Å²) in [4.78, 5) is 30.2. The molecule has 0 saturated heterocycles. The average Bonchev–Trinajstić information content (AvgIpc) is 0.812. The minimum Gasteiger partial charge on any atom is -0.377 e. The maximum absolute atomic E-state index is 6.31. The van der Waals surface area contributed by atoms with Gasteiger partial charge in [0.05, 0.1) is 93.1 Å². The summed E-state index contributed by atoms with van der Waals surface area (Å²) in [7, 11) is 0. The van der Waals surface area contributed by atoms with Crippen molar-refractivity contribution in [3.05, 3.63) is 286 Å². The smallest absolute Gasteiger partial charge is 0.0886 e. The lowest BCUT2D eigenvalue weighted by atomic mass is 10.00. The van der Waals surface area contributed by atoms with E-state index in [1.807, 2.05) is 73.6 Å². The zero-order valence-corrected chi connectivity index (χ0v) is 80.5. The van der Waals surface area contributed by atoms with E-state index in [0.717, 1.165) is 245 Å². The fourth-order valence-corrected chi connectivity index (χ4v) is 16.3. The third-order valence-corrected chi connectivity index (χ3v) is 23.7. The van der Waals surface area contributed by atoms with E-state index in [1.165, 1.54) is 77.0 Å². The summed E-state index contributed by atoms with van der Waals surface area (Å²) in [6.45, 7) is 20.5. The van der Waals surface area contributed by atoms with Crippen LogP contribution in [0.3, 0.4) is 0 Å². The van der Waals surface area contributed by atoms with E-state index in [2.05, 4.69) is 258 Å². The van der Waals surface area contributed by atoms with Gasteiger partial charge in [0.2, 0.25) is 0 Å². The van der Waals surface area contributed by atoms with E-state index in [4.69, 9.17) is 58.3 Å². The summed E-state index contributed by atoms with van der Waals surface area (Å²) in [5.74, 6) is 41.3. The fourth-order valence-electron chi connectivity index (χ4n) is 16.3. The average molecular weight is 1790 g/mol. The maximum atomic E-state index is 6.31. The van der Waals surface area contributed by atoms with Crippen molar-refractivity contribution in [1.82, 2.24) is 29.9 Å². The second-order valence-corrected chi connectivity index (χ2v) is 35.1. The van der Waals surface area contributed by atoms with Crippen LogP contribution in [-0.4, -0.2) is 69.5 Å². The first-order valence-corrected chi connectivity index (χ1v) is 49.7. The van der Waals surface area contributed by atoms with E-state index in [-0.39, 0.29) is 0 Å². The standard InChI is InChI=1S/C123H132N6O6/c1-7-13-19-34-58-130-88-100-64-94-40-28-25-29-41-95-65-101(89-131-59-35-20-14-8-2)77-113(71-95)108-48-54-120(126-84-108)121-55-49-109(85-127-121)115-74-98(68-104(79-115)92-134-62-38-23-17-11-5)44-32-27-33-45-99-69-105(93-135-63-39-24-18-12-6)81-117(75-99)111-51-57-123(129-87-111)122-56-50-110(86-128-122)116-73-97(67-103(80-116)91-133-61-37-22-16-10-4)43-31-26-30-42-96-66-102(90-132-60-36-21-15-9-3)78-114(72-96)107-47-53-119(125-83-107)118-52-46-106(82-124-118)112(70-94)76-100/h46-57,64-87H,7-27,34-39,58-63,88-93H2,1-6H3. The summed E-state index contributed by atoms with van der Waals surface area (Å²) >= 11 is 0. The molecule has 12 heteroatoms. The molecule has 12 aromatic rings. The molecule has 0 unspecified atom stereocenters. The Kier molecular flexibility index (Phi) is 41.8. The molecule has 0 amide bonds. The van der Waals surface area contributed by atoms with Crippen LogP contribution in [0.1, 0.15) is 282 Å². The van der Waals surface area contributed by atoms with E-state index in [0.29, 0.717) is 98.5 Å². The van der Waals surface area contributed by atoms with Crippen LogP contribution in [-0.2, 0) is 68.1 Å². The van der Waals surface area contributed by atoms with Crippen molar-refractivity contribution < 1.29 is 28.4 Å². The Morgan fingerprint density at radius 3 is 0.489 bits per heavy atom. The highest BCUT2D eigenvalue weighted by molar-refractivity contribution is 5.75. The predicted molar refractivity (Wildman–Crippen MR) is 553 cm³/mol. The molecule has 690 valence electrons. The van der Waals surface area contributed by atoms with Crippen molar-refractivity contribution >= 4 is 0 Å². The highest BCUT2D eigenvalue weighted by Gasteiger charge is 2.16. The molecule has 0 spiro atoms. The SMILES string of the molecule is CCCCCCOCc1cc2cc(c1)-c1ccc(nc1)-c1ccc(cn1)-c1cc(cc(COCCCCCC)c1)C#CCC#Cc1cc(COCCCCCC)cc(c1)-c1ccc(nc1)-c1ccc(cn1)-c1cc(cc(COCCCCCC)c1)C#CCC#Cc1cc(COCCCCCC)cc(c1)-c1ccc(nc1)-c1ccc(cn1)-c1cc(cc(COCCCCCC)c1)C#CCC#C2. The van der Waals surface area contributed by atoms with Crippen LogP contribution in [0.5, 0.6) is 0 Å². The first-order chi connectivity index (χ1) is 66.6. The number of aromatic nitrogens is 6. The van der Waals surface area contributed by atoms with Crippen molar-refractivity contribution in [2.45, 2.75) is 255 Å². The molecular weight excluding hydrogens is 1660 g/mol. The molecule has 6 aromatic carbocycles. The van der Waals surface area contributed by atoms with E-state index in [1.54, 1.807) is 0 Å². The molecule has 0 radical (unpaired) electrons. The van der Waals surface area contributed by atoms with Gasteiger partial charge in [-0.05, 0) is 251 Å². The monoisotopic (exact) mass is 1790 g/mol. The highest BCUT2D eigenvalue weighted by atomic mass is 16.5. The Balaban J connectivity index is 0.828. The largest absolute Gasteiger partial charge is 0.377 e. The van der Waals surface area contributed by atoms with Gasteiger partial charge in [0.25, 0.3) is 0 Å². The van der Waals surface area contributed by atoms with Gasteiger partial charge in [-0.3, -0.25) is 29.9 Å². The third-order valence-electron chi connectivity index (χ3n) is 23.7. The van der Waals surface area contributed by atoms with Crippen molar-refractivity contribution in [3.63, 3.8) is 0 Å². The Hall–Kier alpha value is -12.7. The first-order valence-electron chi connectivity index (χ1n) is 49.7. The van der Waals surface area contributed by atoms with E-state index < -0.39 is 0 Å². The molecule has 0 N–H and O–H groups in total. The van der Waals surface area contributed by atoms with Crippen molar-refractivity contribution in [3.8, 4) is 172 Å². The van der Waals surface area contributed by atoms with Crippen LogP contribution in [0.25, 0.3) is 101 Å². The number of benzene rings is 6. The van der Waals surface area contributed by atoms with Gasteiger partial charge < -0.3 is 28.4 Å². The fraction of sp³-hybridized carbons (Fsp3) is 0.366. The van der Waals surface area contributed by atoms with Gasteiger partial charge in [-0.2, -0.15) is 0 Å². The minimum atomic E-state index is 0.366. The number of unbranched alkanes of at least 4 members (excludes halogenated alkanes) is 18. The lowest BCUT2D eigenvalue weighted by Gasteiger charge is -2.10. The molecule has 12 heterocycles. The van der Waals surface area contributed by atoms with E-state index >= 15 is 0 Å². The summed E-state index contributed by atoms with van der Waals surface area (Å²) in [5, 5.41) is 0. The number of rotatable bonds is 42. The summed E-state index contributed by atoms with van der Waals surface area (Å²) in [5.41, 5.74) is 28.0. The molecular formula is C123H132N6O6. The maximum Gasteiger partial charge on any atom is 0.0886 e. The third kappa shape index (κ3) is 33.4. The minimum absolute atomic E-state index is 0.366. The highest BCUT2D eigenvalue weighted by Crippen LogP contribution is 2.34. The van der Waals surface area contributed by atoms with Gasteiger partial charge in [-0.15, -0.1) is 0 Å². The molecule has 0 saturated carbocycles. The number of pyridine rings is 6. The lowest BCUT2D eigenvalue weighted by molar-refractivity contribution is 0.117. The van der Waals surface area contributed by atoms with Gasteiger partial charge in [0.1, 0.15) is 0 Å². The van der Waals surface area contributed by atoms with Gasteiger partial charge in [-0.25, -0.2) is 0 Å². The number of nitrogens with zero attached hydrogens (tertiary/aromatic N) is 6. The second-order valence-electron chi connectivity index (χ2n) is 35.1. The van der Waals surface area contributed by atoms with Crippen LogP contribution < -0.4 is 0 Å². The predicted octanol–water partition coefficient (Wildman–Crippen LogP) is 29.3. The molecule has 19 rings (SSSR count). The van der Waals surface area contributed by atoms with Crippen molar-refractivity contribution in [2.24, 2.45) is 0 Å². The number of hydrogen-bond acceptors (Lipinski definition) is 12. The zero-order chi connectivity index (χ0) is 93.3. The molecule has 6 aliphatic heterocycles. The second kappa shape index (κ2) is 56.5. The summed E-state index contributed by atoms with van der Waals surface area (Å²) in [6, 6.07) is 63.7. The molecule has 24 bridgehead atoms. The van der Waals surface area contributed by atoms with Gasteiger partial charge in [-0.1, -0.05) is 265 Å². The molecule has 135 heavy (non-hydrogen) atoms. The lowest BCUT2D eigenvalue weighted by Crippen LogP contribution is -1.97. The number of hydrogen-bond donors (Lipinski definition) is 0. The van der Waals surface area contributed by atoms with Crippen LogP contribution in [0.2, 0.25) is 0 Å². The normalized spacial score (nSPS) is 11.6. The molecule has 1 aliphatic carbocycles. The Labute approximate surface area is 805 Å². The van der Waals surface area contributed by atoms with Gasteiger partial charge >= 0.3 is 0 Å². The van der Waals surface area contributed by atoms with Crippen LogP contribution in [0, 0.1) is 71.0 Å². The molecule has 0 fully saturated rings. The molecule has 6 aromatic heterocycles. The summed E-state index contributed by atoms with van der Waals surface area (Å²) < 4.78 is 37.9. The van der Waals surface area contributed by atoms with Crippen molar-refractivity contribution in [1.29, 1.82) is 0 Å². The number of ether oxygens (including phenoxy) is 6. The number of fused-ring (bicyclic) bond motifs is 6. The molecule has 12 nitrogen and oxygen atoms in total. The van der Waals surface area contributed by atoms with Crippen LogP contribution in [0.4, 0.5) is 0 Å². The van der Waals surface area contributed by atoms with Crippen LogP contribution in [0.15, 0.2) is 219 Å². The van der Waals surface area contributed by atoms with Crippen molar-refractivity contribution in [2.75, 3.05) is 39.6 Å². The molecule has 0 atom stereocenters. The summed E-state index contributed by atoms with van der Waals surface area (Å²) in [6.07, 6.45) is 39.9. The van der Waals surface area contributed by atoms with Crippen LogP contribution >= 0.6 is 0 Å². The Morgan fingerprint density at radius 2 is 0.348 bits per heavy atom. The molecule has 7 aliphatic rings.